The van der Waals surface area contributed by atoms with E-state index in [1.807, 2.05) is 48.2 Å². The van der Waals surface area contributed by atoms with Crippen LogP contribution >= 0.6 is 0 Å². The predicted molar refractivity (Wildman–Crippen MR) is 78.6 cm³/mol. The Kier molecular flexibility index (Phi) is 3.33. The maximum absolute atomic E-state index is 4.45. The normalized spacial score (nSPS) is 12.5. The van der Waals surface area contributed by atoms with E-state index in [0.29, 0.717) is 0 Å². The van der Waals surface area contributed by atoms with E-state index < -0.39 is 0 Å². The molecule has 1 N–H and O–H groups in total. The van der Waals surface area contributed by atoms with E-state index >= 15 is 0 Å². The van der Waals surface area contributed by atoms with Gasteiger partial charge in [0.25, 0.3) is 0 Å². The highest BCUT2D eigenvalue weighted by Crippen LogP contribution is 2.23. The van der Waals surface area contributed by atoms with E-state index in [1.165, 1.54) is 5.56 Å². The van der Waals surface area contributed by atoms with E-state index in [2.05, 4.69) is 27.3 Å². The Morgan fingerprint density at radius 2 is 2.05 bits per heavy atom. The van der Waals surface area contributed by atoms with Crippen LogP contribution in [-0.2, 0) is 0 Å². The smallest absolute Gasteiger partial charge is 0.152 e. The molecule has 3 aromatic rings. The Morgan fingerprint density at radius 3 is 2.80 bits per heavy atom. The monoisotopic (exact) mass is 267 g/mol. The molecule has 0 aliphatic rings. The van der Waals surface area contributed by atoms with E-state index in [4.69, 9.17) is 0 Å². The zero-order valence-corrected chi connectivity index (χ0v) is 11.6. The lowest BCUT2D eigenvalue weighted by atomic mass is 10.1. The maximum Gasteiger partial charge on any atom is 0.152 e. The number of hydrogen-bond acceptors (Lipinski definition) is 4. The molecule has 0 aromatic carbocycles. The second-order valence-corrected chi connectivity index (χ2v) is 4.78. The topological polar surface area (TPSA) is 55.1 Å². The first-order valence-corrected chi connectivity index (χ1v) is 6.75. The second kappa shape index (κ2) is 5.28. The van der Waals surface area contributed by atoms with Gasteiger partial charge in [-0.05, 0) is 37.1 Å². The Morgan fingerprint density at radius 1 is 1.25 bits per heavy atom. The number of fused-ring (bicyclic) bond motifs is 1. The van der Waals surface area contributed by atoms with Crippen molar-refractivity contribution in [1.82, 2.24) is 19.6 Å². The van der Waals surface area contributed by atoms with Gasteiger partial charge in [0, 0.05) is 24.8 Å². The number of nitrogens with zero attached hydrogens (tertiary/aromatic N) is 4. The van der Waals surface area contributed by atoms with Gasteiger partial charge in [-0.15, -0.1) is 0 Å². The van der Waals surface area contributed by atoms with Crippen LogP contribution in [0.5, 0.6) is 0 Å². The minimum Gasteiger partial charge on any atom is -0.361 e. The van der Waals surface area contributed by atoms with Crippen molar-refractivity contribution in [2.45, 2.75) is 26.3 Å². The Bertz CT molecular complexity index is 705. The summed E-state index contributed by atoms with van der Waals surface area (Å²) in [6.45, 7) is 4.14. The Hall–Kier alpha value is -2.43. The van der Waals surface area contributed by atoms with Crippen LogP contribution < -0.4 is 5.32 Å². The predicted octanol–water partition coefficient (Wildman–Crippen LogP) is 3.00. The van der Waals surface area contributed by atoms with Crippen molar-refractivity contribution in [3.63, 3.8) is 0 Å². The third-order valence-corrected chi connectivity index (χ3v) is 3.34. The quantitative estimate of drug-likeness (QED) is 0.789. The molecule has 0 saturated heterocycles. The second-order valence-electron chi connectivity index (χ2n) is 4.78. The van der Waals surface area contributed by atoms with Gasteiger partial charge in [0.2, 0.25) is 0 Å². The molecule has 0 bridgehead atoms. The van der Waals surface area contributed by atoms with E-state index in [1.54, 1.807) is 6.20 Å². The number of anilines is 1. The number of nitrogens with one attached hydrogen (secondary N) is 1. The summed E-state index contributed by atoms with van der Waals surface area (Å²) >= 11 is 0. The first kappa shape index (κ1) is 12.6. The van der Waals surface area contributed by atoms with Crippen LogP contribution in [0.4, 0.5) is 5.82 Å². The Labute approximate surface area is 117 Å². The van der Waals surface area contributed by atoms with Gasteiger partial charge in [0.15, 0.2) is 5.82 Å². The number of rotatable bonds is 4. The highest BCUT2D eigenvalue weighted by Gasteiger charge is 2.12. The molecule has 3 aromatic heterocycles. The molecule has 1 atom stereocenters. The third-order valence-electron chi connectivity index (χ3n) is 3.34. The van der Waals surface area contributed by atoms with Crippen molar-refractivity contribution in [2.75, 3.05) is 5.32 Å². The molecule has 0 amide bonds. The summed E-state index contributed by atoms with van der Waals surface area (Å²) in [5, 5.41) is 7.91. The summed E-state index contributed by atoms with van der Waals surface area (Å²) in [5.41, 5.74) is 3.19. The summed E-state index contributed by atoms with van der Waals surface area (Å²) in [6, 6.07) is 6.31. The third kappa shape index (κ3) is 2.34. The van der Waals surface area contributed by atoms with Crippen molar-refractivity contribution in [1.29, 1.82) is 0 Å². The van der Waals surface area contributed by atoms with Gasteiger partial charge in [0.05, 0.1) is 11.7 Å². The van der Waals surface area contributed by atoms with Gasteiger partial charge in [-0.25, -0.2) is 9.50 Å². The highest BCUT2D eigenvalue weighted by atomic mass is 15.2. The van der Waals surface area contributed by atoms with Gasteiger partial charge in [-0.3, -0.25) is 4.98 Å². The summed E-state index contributed by atoms with van der Waals surface area (Å²) in [6.07, 6.45) is 8.23. The average Bonchev–Trinajstić information content (AvgIpc) is 2.86. The number of pyridine rings is 1. The summed E-state index contributed by atoms with van der Waals surface area (Å²) in [7, 11) is 0. The summed E-state index contributed by atoms with van der Waals surface area (Å²) in [4.78, 5) is 8.51. The molecule has 5 nitrogen and oxygen atoms in total. The fraction of sp³-hybridized carbons (Fsp3) is 0.267. The molecular formula is C15H17N5. The van der Waals surface area contributed by atoms with Gasteiger partial charge in [0.1, 0.15) is 5.52 Å². The van der Waals surface area contributed by atoms with Gasteiger partial charge in [-0.2, -0.15) is 5.10 Å². The zero-order chi connectivity index (χ0) is 13.9. The Balaban J connectivity index is 1.95. The van der Waals surface area contributed by atoms with Gasteiger partial charge >= 0.3 is 0 Å². The largest absolute Gasteiger partial charge is 0.361 e. The summed E-state index contributed by atoms with van der Waals surface area (Å²) in [5.74, 6) is 0.858. The standard InChI is InChI=1S/C15H17N5/c1-3-13(12-4-6-16-7-5-12)18-15-14-10-11(2)19-20(14)9-8-17-15/h4-10,13H,3H2,1-2H3,(H,17,18). The molecule has 0 fully saturated rings. The molecule has 3 rings (SSSR count). The van der Waals surface area contributed by atoms with Gasteiger partial charge < -0.3 is 5.32 Å². The van der Waals surface area contributed by atoms with Crippen molar-refractivity contribution < 1.29 is 0 Å². The van der Waals surface area contributed by atoms with Crippen LogP contribution in [0.15, 0.2) is 43.0 Å². The lowest BCUT2D eigenvalue weighted by Gasteiger charge is -2.18. The van der Waals surface area contributed by atoms with Gasteiger partial charge in [-0.1, -0.05) is 6.92 Å². The van der Waals surface area contributed by atoms with E-state index in [-0.39, 0.29) is 6.04 Å². The molecule has 0 saturated carbocycles. The molecule has 0 radical (unpaired) electrons. The van der Waals surface area contributed by atoms with E-state index in [0.717, 1.165) is 23.4 Å². The van der Waals surface area contributed by atoms with Crippen LogP contribution in [0, 0.1) is 6.92 Å². The van der Waals surface area contributed by atoms with Crippen LogP contribution in [0.1, 0.15) is 30.6 Å². The van der Waals surface area contributed by atoms with Crippen molar-refractivity contribution in [2.24, 2.45) is 0 Å². The molecule has 0 aliphatic heterocycles. The van der Waals surface area contributed by atoms with E-state index in [9.17, 15) is 0 Å². The van der Waals surface area contributed by atoms with Crippen LogP contribution in [0.25, 0.3) is 5.52 Å². The van der Waals surface area contributed by atoms with Crippen molar-refractivity contribution in [3.8, 4) is 0 Å². The molecule has 5 heteroatoms. The lowest BCUT2D eigenvalue weighted by Crippen LogP contribution is -2.11. The molecule has 20 heavy (non-hydrogen) atoms. The number of hydrogen-bond donors (Lipinski definition) is 1. The van der Waals surface area contributed by atoms with Crippen molar-refractivity contribution in [3.05, 3.63) is 54.2 Å². The SMILES string of the molecule is CCC(Nc1nccn2nc(C)cc12)c1ccncc1. The average molecular weight is 267 g/mol. The fourth-order valence-corrected chi connectivity index (χ4v) is 2.34. The number of aryl methyl sites for hydroxylation is 1. The van der Waals surface area contributed by atoms with Crippen LogP contribution in [-0.4, -0.2) is 19.6 Å². The first-order chi connectivity index (χ1) is 9.78. The lowest BCUT2D eigenvalue weighted by molar-refractivity contribution is 0.742. The molecule has 102 valence electrons. The summed E-state index contributed by atoms with van der Waals surface area (Å²) < 4.78 is 1.85. The highest BCUT2D eigenvalue weighted by molar-refractivity contribution is 5.68. The van der Waals surface area contributed by atoms with Crippen LogP contribution in [0.3, 0.4) is 0 Å². The molecule has 0 spiro atoms. The fourth-order valence-electron chi connectivity index (χ4n) is 2.34. The number of aromatic nitrogens is 4. The maximum atomic E-state index is 4.45. The van der Waals surface area contributed by atoms with Crippen LogP contribution in [0.2, 0.25) is 0 Å². The minimum atomic E-state index is 0.215. The molecule has 3 heterocycles. The van der Waals surface area contributed by atoms with Crippen molar-refractivity contribution >= 4 is 11.3 Å². The first-order valence-electron chi connectivity index (χ1n) is 6.75. The molecule has 1 unspecified atom stereocenters. The minimum absolute atomic E-state index is 0.215. The molecule has 0 aliphatic carbocycles. The molecular weight excluding hydrogens is 250 g/mol. The zero-order valence-electron chi connectivity index (χ0n) is 11.6.